The maximum Gasteiger partial charge on any atom is 0.345 e. The minimum atomic E-state index is -0.852. The summed E-state index contributed by atoms with van der Waals surface area (Å²) in [6.07, 6.45) is 0. The van der Waals surface area contributed by atoms with Crippen LogP contribution in [0.15, 0.2) is 24.3 Å². The number of rotatable bonds is 2. The molecule has 3 heteroatoms. The predicted octanol–water partition coefficient (Wildman–Crippen LogP) is 4.04. The number of aryl methyl sites for hydroxylation is 3. The Morgan fingerprint density at radius 2 is 1.82 bits per heavy atom. The van der Waals surface area contributed by atoms with Crippen LogP contribution in [0.1, 0.15) is 25.7 Å². The number of hydrogen-bond donors (Lipinski definition) is 1. The van der Waals surface area contributed by atoms with Gasteiger partial charge in [-0.25, -0.2) is 4.79 Å². The maximum absolute atomic E-state index is 11.0. The molecule has 0 aliphatic carbocycles. The first-order valence-electron chi connectivity index (χ1n) is 5.40. The minimum absolute atomic E-state index is 0.401. The van der Waals surface area contributed by atoms with Crippen molar-refractivity contribution in [1.29, 1.82) is 0 Å². The monoisotopic (exact) mass is 246 g/mol. The molecule has 88 valence electrons. The Labute approximate surface area is 105 Å². The number of carbonyl (C=O) groups is 1. The summed E-state index contributed by atoms with van der Waals surface area (Å²) in [5.41, 5.74) is 4.53. The maximum atomic E-state index is 11.0. The van der Waals surface area contributed by atoms with Gasteiger partial charge in [-0.1, -0.05) is 23.8 Å². The van der Waals surface area contributed by atoms with Gasteiger partial charge >= 0.3 is 5.97 Å². The van der Waals surface area contributed by atoms with Gasteiger partial charge in [-0.3, -0.25) is 0 Å². The molecule has 0 atom stereocenters. The fourth-order valence-corrected chi connectivity index (χ4v) is 2.75. The standard InChI is InChI=1S/C14H14O2S/c1-8-4-5-9(2)11(6-8)12-7-13(14(15)16)17-10(12)3/h4-7H,1-3H3,(H,15,16). The van der Waals surface area contributed by atoms with Crippen molar-refractivity contribution < 1.29 is 9.90 Å². The first-order chi connectivity index (χ1) is 7.99. The topological polar surface area (TPSA) is 37.3 Å². The van der Waals surface area contributed by atoms with E-state index in [4.69, 9.17) is 5.11 Å². The SMILES string of the molecule is Cc1ccc(C)c(-c2cc(C(=O)O)sc2C)c1. The summed E-state index contributed by atoms with van der Waals surface area (Å²) >= 11 is 1.33. The fourth-order valence-electron chi connectivity index (χ4n) is 1.88. The van der Waals surface area contributed by atoms with Crippen molar-refractivity contribution in [2.75, 3.05) is 0 Å². The second kappa shape index (κ2) is 4.34. The van der Waals surface area contributed by atoms with E-state index in [-0.39, 0.29) is 0 Å². The van der Waals surface area contributed by atoms with E-state index in [1.165, 1.54) is 22.5 Å². The van der Waals surface area contributed by atoms with Crippen LogP contribution in [0, 0.1) is 20.8 Å². The van der Waals surface area contributed by atoms with Gasteiger partial charge in [0, 0.05) is 4.88 Å². The van der Waals surface area contributed by atoms with Crippen LogP contribution < -0.4 is 0 Å². The molecule has 0 fully saturated rings. The summed E-state index contributed by atoms with van der Waals surface area (Å²) in [6.45, 7) is 6.06. The third-order valence-electron chi connectivity index (χ3n) is 2.81. The lowest BCUT2D eigenvalue weighted by Crippen LogP contribution is -1.90. The summed E-state index contributed by atoms with van der Waals surface area (Å²) in [6, 6.07) is 8.01. The Bertz CT molecular complexity index is 582. The molecule has 2 nitrogen and oxygen atoms in total. The summed E-state index contributed by atoms with van der Waals surface area (Å²) < 4.78 is 0. The molecule has 0 saturated carbocycles. The smallest absolute Gasteiger partial charge is 0.345 e. The molecule has 17 heavy (non-hydrogen) atoms. The zero-order valence-electron chi connectivity index (χ0n) is 10.1. The van der Waals surface area contributed by atoms with E-state index in [0.29, 0.717) is 4.88 Å². The highest BCUT2D eigenvalue weighted by Crippen LogP contribution is 2.33. The van der Waals surface area contributed by atoms with Gasteiger partial charge in [0.25, 0.3) is 0 Å². The molecular formula is C14H14O2S. The molecule has 2 rings (SSSR count). The molecule has 1 heterocycles. The zero-order chi connectivity index (χ0) is 12.6. The summed E-state index contributed by atoms with van der Waals surface area (Å²) in [5, 5.41) is 9.00. The Morgan fingerprint density at radius 3 is 2.41 bits per heavy atom. The molecule has 0 unspecified atom stereocenters. The quantitative estimate of drug-likeness (QED) is 0.868. The van der Waals surface area contributed by atoms with Crippen LogP contribution in [0.3, 0.4) is 0 Å². The number of thiophene rings is 1. The summed E-state index contributed by atoms with van der Waals surface area (Å²) in [4.78, 5) is 12.4. The largest absolute Gasteiger partial charge is 0.477 e. The number of hydrogen-bond acceptors (Lipinski definition) is 2. The van der Waals surface area contributed by atoms with Crippen LogP contribution >= 0.6 is 11.3 Å². The molecule has 2 aromatic rings. The van der Waals surface area contributed by atoms with Crippen molar-refractivity contribution in [2.24, 2.45) is 0 Å². The fraction of sp³-hybridized carbons (Fsp3) is 0.214. The molecule has 0 amide bonds. The van der Waals surface area contributed by atoms with Crippen LogP contribution in [-0.2, 0) is 0 Å². The Kier molecular flexibility index (Phi) is 3.03. The Morgan fingerprint density at radius 1 is 1.12 bits per heavy atom. The average Bonchev–Trinajstić information content (AvgIpc) is 2.64. The lowest BCUT2D eigenvalue weighted by molar-refractivity contribution is 0.0702. The van der Waals surface area contributed by atoms with E-state index in [9.17, 15) is 4.79 Å². The molecule has 0 radical (unpaired) electrons. The molecular weight excluding hydrogens is 232 g/mol. The van der Waals surface area contributed by atoms with Gasteiger partial charge < -0.3 is 5.11 Å². The van der Waals surface area contributed by atoms with Crippen LogP contribution in [-0.4, -0.2) is 11.1 Å². The zero-order valence-corrected chi connectivity index (χ0v) is 10.9. The molecule has 1 aromatic carbocycles. The van der Waals surface area contributed by atoms with Crippen molar-refractivity contribution >= 4 is 17.3 Å². The third kappa shape index (κ3) is 2.24. The highest BCUT2D eigenvalue weighted by atomic mass is 32.1. The van der Waals surface area contributed by atoms with E-state index in [1.807, 2.05) is 20.8 Å². The van der Waals surface area contributed by atoms with Crippen molar-refractivity contribution in [2.45, 2.75) is 20.8 Å². The molecule has 0 spiro atoms. The van der Waals surface area contributed by atoms with Gasteiger partial charge in [0.05, 0.1) is 0 Å². The van der Waals surface area contributed by atoms with Gasteiger partial charge in [-0.15, -0.1) is 11.3 Å². The lowest BCUT2D eigenvalue weighted by Gasteiger charge is -2.06. The summed E-state index contributed by atoms with van der Waals surface area (Å²) in [7, 11) is 0. The predicted molar refractivity (Wildman–Crippen MR) is 70.9 cm³/mol. The Balaban J connectivity index is 2.60. The van der Waals surface area contributed by atoms with Crippen molar-refractivity contribution in [3.8, 4) is 11.1 Å². The molecule has 0 bridgehead atoms. The van der Waals surface area contributed by atoms with Crippen molar-refractivity contribution in [3.63, 3.8) is 0 Å². The summed E-state index contributed by atoms with van der Waals surface area (Å²) in [5.74, 6) is -0.852. The molecule has 1 aromatic heterocycles. The van der Waals surface area contributed by atoms with Gasteiger partial charge in [-0.2, -0.15) is 0 Å². The molecule has 0 aliphatic rings. The van der Waals surface area contributed by atoms with E-state index in [2.05, 4.69) is 18.2 Å². The Hall–Kier alpha value is -1.61. The lowest BCUT2D eigenvalue weighted by atomic mass is 9.99. The second-order valence-electron chi connectivity index (χ2n) is 4.20. The van der Waals surface area contributed by atoms with Crippen LogP contribution in [0.2, 0.25) is 0 Å². The number of carboxylic acid groups (broad SMARTS) is 1. The van der Waals surface area contributed by atoms with Crippen LogP contribution in [0.25, 0.3) is 11.1 Å². The molecule has 0 saturated heterocycles. The number of aromatic carboxylic acids is 1. The highest BCUT2D eigenvalue weighted by molar-refractivity contribution is 7.14. The number of benzene rings is 1. The highest BCUT2D eigenvalue weighted by Gasteiger charge is 2.13. The van der Waals surface area contributed by atoms with E-state index in [1.54, 1.807) is 6.07 Å². The van der Waals surface area contributed by atoms with Crippen LogP contribution in [0.5, 0.6) is 0 Å². The van der Waals surface area contributed by atoms with Gasteiger partial charge in [0.1, 0.15) is 4.88 Å². The first kappa shape index (κ1) is 11.9. The van der Waals surface area contributed by atoms with Crippen molar-refractivity contribution in [3.05, 3.63) is 45.1 Å². The van der Waals surface area contributed by atoms with Crippen LogP contribution in [0.4, 0.5) is 0 Å². The van der Waals surface area contributed by atoms with Gasteiger partial charge in [-0.05, 0) is 43.5 Å². The van der Waals surface area contributed by atoms with E-state index >= 15 is 0 Å². The second-order valence-corrected chi connectivity index (χ2v) is 5.46. The van der Waals surface area contributed by atoms with Gasteiger partial charge in [0.15, 0.2) is 0 Å². The van der Waals surface area contributed by atoms with Gasteiger partial charge in [0.2, 0.25) is 0 Å². The normalized spacial score (nSPS) is 10.5. The third-order valence-corrected chi connectivity index (χ3v) is 3.85. The first-order valence-corrected chi connectivity index (χ1v) is 6.22. The molecule has 0 aliphatic heterocycles. The van der Waals surface area contributed by atoms with E-state index < -0.39 is 5.97 Å². The minimum Gasteiger partial charge on any atom is -0.477 e. The molecule has 1 N–H and O–H groups in total. The number of carboxylic acids is 1. The van der Waals surface area contributed by atoms with Crippen molar-refractivity contribution in [1.82, 2.24) is 0 Å². The van der Waals surface area contributed by atoms with E-state index in [0.717, 1.165) is 16.0 Å². The average molecular weight is 246 g/mol.